The van der Waals surface area contributed by atoms with Gasteiger partial charge in [-0.05, 0) is 54.3 Å². The highest BCUT2D eigenvalue weighted by molar-refractivity contribution is 4.97. The van der Waals surface area contributed by atoms with E-state index in [2.05, 4.69) is 34.6 Å². The van der Waals surface area contributed by atoms with Crippen LogP contribution in [0, 0.1) is 41.4 Å². The van der Waals surface area contributed by atoms with Gasteiger partial charge in [-0.3, -0.25) is 0 Å². The molecule has 0 bridgehead atoms. The second kappa shape index (κ2) is 4.70. The third kappa shape index (κ3) is 1.83. The van der Waals surface area contributed by atoms with Crippen molar-refractivity contribution >= 4 is 0 Å². The quantitative estimate of drug-likeness (QED) is 0.629. The maximum atomic E-state index is 2.56. The Morgan fingerprint density at radius 3 is 2.12 bits per heavy atom. The van der Waals surface area contributed by atoms with Crippen LogP contribution in [0.15, 0.2) is 0 Å². The predicted molar refractivity (Wildman–Crippen MR) is 71.3 cm³/mol. The minimum Gasteiger partial charge on any atom is -0.0651 e. The van der Waals surface area contributed by atoms with E-state index in [4.69, 9.17) is 0 Å². The minimum absolute atomic E-state index is 0.995. The van der Waals surface area contributed by atoms with Crippen LogP contribution < -0.4 is 0 Å². The van der Waals surface area contributed by atoms with E-state index in [-0.39, 0.29) is 0 Å². The summed E-state index contributed by atoms with van der Waals surface area (Å²) in [4.78, 5) is 0. The van der Waals surface area contributed by atoms with Gasteiger partial charge in [0.15, 0.2) is 0 Å². The molecule has 94 valence electrons. The van der Waals surface area contributed by atoms with Crippen molar-refractivity contribution in [2.45, 2.75) is 60.3 Å². The Balaban J connectivity index is 1.94. The molecule has 0 aromatic heterocycles. The molecule has 2 aliphatic carbocycles. The van der Waals surface area contributed by atoms with E-state index in [0.29, 0.717) is 0 Å². The summed E-state index contributed by atoms with van der Waals surface area (Å²) in [5.74, 6) is 7.22. The first-order chi connectivity index (χ1) is 7.60. The molecule has 0 spiro atoms. The highest BCUT2D eigenvalue weighted by Gasteiger charge is 2.48. The molecule has 2 fully saturated rings. The van der Waals surface area contributed by atoms with E-state index in [9.17, 15) is 0 Å². The van der Waals surface area contributed by atoms with Crippen LogP contribution in [-0.2, 0) is 0 Å². The molecule has 0 amide bonds. The second-order valence-corrected chi connectivity index (χ2v) is 6.77. The summed E-state index contributed by atoms with van der Waals surface area (Å²) < 4.78 is 0. The number of hydrogen-bond donors (Lipinski definition) is 0. The first-order valence-electron chi connectivity index (χ1n) is 7.60. The molecule has 0 aliphatic heterocycles. The Morgan fingerprint density at radius 2 is 1.69 bits per heavy atom. The molecule has 2 aliphatic rings. The highest BCUT2D eigenvalue weighted by Crippen LogP contribution is 2.55. The fraction of sp³-hybridized carbons (Fsp3) is 1.00. The lowest BCUT2D eigenvalue weighted by molar-refractivity contribution is -0.0571. The largest absolute Gasteiger partial charge is 0.0651 e. The van der Waals surface area contributed by atoms with Crippen LogP contribution in [0.2, 0.25) is 0 Å². The van der Waals surface area contributed by atoms with Crippen LogP contribution in [0.1, 0.15) is 60.3 Å². The average Bonchev–Trinajstić information content (AvgIpc) is 2.22. The molecule has 0 aromatic rings. The van der Waals surface area contributed by atoms with Crippen LogP contribution in [0.3, 0.4) is 0 Å². The average molecular weight is 222 g/mol. The van der Waals surface area contributed by atoms with Crippen molar-refractivity contribution < 1.29 is 0 Å². The lowest BCUT2D eigenvalue weighted by atomic mass is 9.51. The zero-order valence-corrected chi connectivity index (χ0v) is 11.9. The molecule has 0 aromatic carbocycles. The van der Waals surface area contributed by atoms with E-state index >= 15 is 0 Å². The SMILES string of the molecule is CCC1CC(C)C1C(C)C1CC(C)C1CC. The van der Waals surface area contributed by atoms with Gasteiger partial charge in [-0.25, -0.2) is 0 Å². The van der Waals surface area contributed by atoms with E-state index in [0.717, 1.165) is 41.4 Å². The Bertz CT molecular complexity index is 232. The third-order valence-electron chi connectivity index (χ3n) is 6.08. The van der Waals surface area contributed by atoms with Gasteiger partial charge in [-0.2, -0.15) is 0 Å². The van der Waals surface area contributed by atoms with E-state index in [1.807, 2.05) is 0 Å². The minimum atomic E-state index is 0.995. The van der Waals surface area contributed by atoms with Gasteiger partial charge in [0.05, 0.1) is 0 Å². The van der Waals surface area contributed by atoms with Gasteiger partial charge in [0.2, 0.25) is 0 Å². The topological polar surface area (TPSA) is 0 Å². The summed E-state index contributed by atoms with van der Waals surface area (Å²) in [6.45, 7) is 12.3. The summed E-state index contributed by atoms with van der Waals surface area (Å²) in [6, 6.07) is 0. The maximum Gasteiger partial charge on any atom is -0.0331 e. The van der Waals surface area contributed by atoms with Gasteiger partial charge in [-0.1, -0.05) is 47.5 Å². The Kier molecular flexibility index (Phi) is 3.66. The maximum absolute atomic E-state index is 2.56. The first-order valence-corrected chi connectivity index (χ1v) is 7.60. The standard InChI is InChI=1S/C16H30/c1-6-13-8-11(4)16(13)12(5)15-9-10(3)14(15)7-2/h10-16H,6-9H2,1-5H3. The molecule has 0 radical (unpaired) electrons. The van der Waals surface area contributed by atoms with E-state index < -0.39 is 0 Å². The van der Waals surface area contributed by atoms with Crippen molar-refractivity contribution in [3.05, 3.63) is 0 Å². The molecule has 0 heteroatoms. The van der Waals surface area contributed by atoms with E-state index in [1.54, 1.807) is 0 Å². The summed E-state index contributed by atoms with van der Waals surface area (Å²) >= 11 is 0. The molecule has 0 nitrogen and oxygen atoms in total. The molecular formula is C16H30. The van der Waals surface area contributed by atoms with Crippen molar-refractivity contribution in [3.63, 3.8) is 0 Å². The van der Waals surface area contributed by atoms with Crippen molar-refractivity contribution in [2.75, 3.05) is 0 Å². The van der Waals surface area contributed by atoms with Crippen LogP contribution in [0.25, 0.3) is 0 Å². The molecule has 0 saturated heterocycles. The van der Waals surface area contributed by atoms with Crippen molar-refractivity contribution in [1.29, 1.82) is 0 Å². The Labute approximate surface area is 102 Å². The lowest BCUT2D eigenvalue weighted by Gasteiger charge is -2.55. The fourth-order valence-corrected chi connectivity index (χ4v) is 5.05. The van der Waals surface area contributed by atoms with Crippen LogP contribution >= 0.6 is 0 Å². The molecule has 2 saturated carbocycles. The summed E-state index contributed by atoms with van der Waals surface area (Å²) in [6.07, 6.45) is 5.84. The van der Waals surface area contributed by atoms with Crippen molar-refractivity contribution in [2.24, 2.45) is 41.4 Å². The van der Waals surface area contributed by atoms with Crippen molar-refractivity contribution in [1.82, 2.24) is 0 Å². The monoisotopic (exact) mass is 222 g/mol. The molecule has 7 unspecified atom stereocenters. The smallest absolute Gasteiger partial charge is 0.0331 e. The van der Waals surface area contributed by atoms with Gasteiger partial charge in [0, 0.05) is 0 Å². The Hall–Kier alpha value is 0. The van der Waals surface area contributed by atoms with Gasteiger partial charge < -0.3 is 0 Å². The van der Waals surface area contributed by atoms with Gasteiger partial charge >= 0.3 is 0 Å². The number of rotatable bonds is 4. The fourth-order valence-electron chi connectivity index (χ4n) is 5.05. The second-order valence-electron chi connectivity index (χ2n) is 6.77. The van der Waals surface area contributed by atoms with Crippen LogP contribution in [-0.4, -0.2) is 0 Å². The third-order valence-corrected chi connectivity index (χ3v) is 6.08. The summed E-state index contributed by atoms with van der Waals surface area (Å²) in [5.41, 5.74) is 0. The predicted octanol–water partition coefficient (Wildman–Crippen LogP) is 4.99. The molecule has 7 atom stereocenters. The van der Waals surface area contributed by atoms with Crippen molar-refractivity contribution in [3.8, 4) is 0 Å². The van der Waals surface area contributed by atoms with Crippen LogP contribution in [0.5, 0.6) is 0 Å². The zero-order chi connectivity index (χ0) is 11.9. The van der Waals surface area contributed by atoms with Gasteiger partial charge in [-0.15, -0.1) is 0 Å². The Morgan fingerprint density at radius 1 is 1.00 bits per heavy atom. The summed E-state index contributed by atoms with van der Waals surface area (Å²) in [7, 11) is 0. The first kappa shape index (κ1) is 12.5. The van der Waals surface area contributed by atoms with Gasteiger partial charge in [0.1, 0.15) is 0 Å². The molecule has 16 heavy (non-hydrogen) atoms. The van der Waals surface area contributed by atoms with E-state index in [1.165, 1.54) is 25.7 Å². The van der Waals surface area contributed by atoms with Gasteiger partial charge in [0.25, 0.3) is 0 Å². The molecule has 0 heterocycles. The molecule has 0 N–H and O–H groups in total. The molecule has 2 rings (SSSR count). The normalized spacial score (nSPS) is 49.3. The molecular weight excluding hydrogens is 192 g/mol. The number of hydrogen-bond acceptors (Lipinski definition) is 0. The summed E-state index contributed by atoms with van der Waals surface area (Å²) in [5, 5.41) is 0. The van der Waals surface area contributed by atoms with Crippen LogP contribution in [0.4, 0.5) is 0 Å². The lowest BCUT2D eigenvalue weighted by Crippen LogP contribution is -2.47. The zero-order valence-electron chi connectivity index (χ0n) is 11.9. The highest BCUT2D eigenvalue weighted by atomic mass is 14.5.